The minimum atomic E-state index is -0.489. The van der Waals surface area contributed by atoms with Crippen LogP contribution in [-0.4, -0.2) is 48.8 Å². The van der Waals surface area contributed by atoms with Crippen LogP contribution in [0.25, 0.3) is 16.6 Å². The van der Waals surface area contributed by atoms with Crippen molar-refractivity contribution >= 4 is 28.5 Å². The molecule has 1 saturated heterocycles. The topological polar surface area (TPSA) is 67.7 Å². The quantitative estimate of drug-likeness (QED) is 0.419. The summed E-state index contributed by atoms with van der Waals surface area (Å²) in [6.45, 7) is 4.22. The van der Waals surface area contributed by atoms with E-state index in [0.717, 1.165) is 5.56 Å². The van der Waals surface area contributed by atoms with Crippen molar-refractivity contribution in [3.63, 3.8) is 0 Å². The molecule has 0 N–H and O–H groups in total. The number of para-hydroxylation sites is 1. The molecule has 1 aromatic heterocycles. The highest BCUT2D eigenvalue weighted by Crippen LogP contribution is 2.25. The van der Waals surface area contributed by atoms with Crippen LogP contribution in [0.2, 0.25) is 0 Å². The van der Waals surface area contributed by atoms with E-state index in [0.29, 0.717) is 60.0 Å². The number of anilines is 2. The number of rotatable bonds is 4. The molecule has 1 aliphatic heterocycles. The van der Waals surface area contributed by atoms with Crippen LogP contribution in [0.1, 0.15) is 15.9 Å². The molecule has 2 heterocycles. The molecular formula is C27H25FN4O3. The summed E-state index contributed by atoms with van der Waals surface area (Å²) in [5, 5.41) is 0.410. The molecule has 5 rings (SSSR count). The first-order valence-corrected chi connectivity index (χ1v) is 11.4. The Kier molecular flexibility index (Phi) is 5.94. The number of aromatic nitrogens is 2. The van der Waals surface area contributed by atoms with Gasteiger partial charge in [-0.15, -0.1) is 0 Å². The van der Waals surface area contributed by atoms with Gasteiger partial charge >= 0.3 is 5.97 Å². The summed E-state index contributed by atoms with van der Waals surface area (Å²) in [4.78, 5) is 34.7. The van der Waals surface area contributed by atoms with Crippen LogP contribution in [0, 0.1) is 12.7 Å². The largest absolute Gasteiger partial charge is 0.465 e. The zero-order chi connectivity index (χ0) is 24.5. The molecule has 3 aromatic carbocycles. The molecule has 0 atom stereocenters. The van der Waals surface area contributed by atoms with E-state index in [9.17, 15) is 14.0 Å². The van der Waals surface area contributed by atoms with Crippen LogP contribution in [0.4, 0.5) is 16.0 Å². The van der Waals surface area contributed by atoms with Crippen molar-refractivity contribution in [2.75, 3.05) is 43.1 Å². The van der Waals surface area contributed by atoms with Gasteiger partial charge in [-0.3, -0.25) is 4.79 Å². The highest BCUT2D eigenvalue weighted by molar-refractivity contribution is 5.94. The summed E-state index contributed by atoms with van der Waals surface area (Å²) in [5.41, 5.74) is 2.84. The monoisotopic (exact) mass is 472 g/mol. The number of methoxy groups -OCH3 is 1. The van der Waals surface area contributed by atoms with Crippen molar-refractivity contribution < 1.29 is 13.9 Å². The lowest BCUT2D eigenvalue weighted by Gasteiger charge is -2.37. The molecule has 0 spiro atoms. The first kappa shape index (κ1) is 22.6. The standard InChI is InChI=1S/C27H25FN4O3/c1-18-6-5-7-20(16-18)32-25(33)21-11-10-19(26(34)35-2)17-23(21)29-27(32)31-14-12-30(13-15-31)24-9-4-3-8-22(24)28/h3-11,16-17H,12-15H2,1-2H3. The predicted octanol–water partition coefficient (Wildman–Crippen LogP) is 3.95. The van der Waals surface area contributed by atoms with Gasteiger partial charge in [-0.05, 0) is 55.0 Å². The zero-order valence-electron chi connectivity index (χ0n) is 19.6. The fourth-order valence-electron chi connectivity index (χ4n) is 4.49. The van der Waals surface area contributed by atoms with Crippen LogP contribution in [-0.2, 0) is 4.74 Å². The van der Waals surface area contributed by atoms with Gasteiger partial charge in [0, 0.05) is 26.2 Å². The average Bonchev–Trinajstić information content (AvgIpc) is 2.88. The summed E-state index contributed by atoms with van der Waals surface area (Å²) >= 11 is 0. The third-order valence-electron chi connectivity index (χ3n) is 6.29. The maximum Gasteiger partial charge on any atom is 0.337 e. The zero-order valence-corrected chi connectivity index (χ0v) is 19.6. The highest BCUT2D eigenvalue weighted by atomic mass is 19.1. The smallest absolute Gasteiger partial charge is 0.337 e. The van der Waals surface area contributed by atoms with Gasteiger partial charge < -0.3 is 14.5 Å². The fraction of sp³-hybridized carbons (Fsp3) is 0.222. The Morgan fingerprint density at radius 2 is 1.69 bits per heavy atom. The van der Waals surface area contributed by atoms with E-state index >= 15 is 0 Å². The van der Waals surface area contributed by atoms with E-state index in [1.165, 1.54) is 13.2 Å². The number of hydrogen-bond donors (Lipinski definition) is 0. The Bertz CT molecular complexity index is 1480. The highest BCUT2D eigenvalue weighted by Gasteiger charge is 2.24. The number of ether oxygens (including phenoxy) is 1. The van der Waals surface area contributed by atoms with Gasteiger partial charge in [0.25, 0.3) is 5.56 Å². The van der Waals surface area contributed by atoms with Crippen molar-refractivity contribution in [3.05, 3.63) is 94.0 Å². The van der Waals surface area contributed by atoms with Crippen LogP contribution in [0.5, 0.6) is 0 Å². The van der Waals surface area contributed by atoms with Gasteiger partial charge in [0.2, 0.25) is 5.95 Å². The van der Waals surface area contributed by atoms with Gasteiger partial charge in [-0.1, -0.05) is 24.3 Å². The van der Waals surface area contributed by atoms with Crippen LogP contribution >= 0.6 is 0 Å². The Hall–Kier alpha value is -4.20. The predicted molar refractivity (Wildman–Crippen MR) is 134 cm³/mol. The number of hydrogen-bond acceptors (Lipinski definition) is 6. The lowest BCUT2D eigenvalue weighted by molar-refractivity contribution is 0.0601. The molecule has 1 fully saturated rings. The van der Waals surface area contributed by atoms with Crippen LogP contribution in [0.15, 0.2) is 71.5 Å². The number of fused-ring (bicyclic) bond motifs is 1. The minimum Gasteiger partial charge on any atom is -0.465 e. The first-order valence-electron chi connectivity index (χ1n) is 11.4. The SMILES string of the molecule is COC(=O)c1ccc2c(=O)n(-c3cccc(C)c3)c(N3CCN(c4ccccc4F)CC3)nc2c1. The van der Waals surface area contributed by atoms with Crippen molar-refractivity contribution in [2.45, 2.75) is 6.92 Å². The molecule has 0 aliphatic carbocycles. The average molecular weight is 473 g/mol. The molecular weight excluding hydrogens is 447 g/mol. The number of piperazine rings is 1. The molecule has 0 unspecified atom stereocenters. The maximum atomic E-state index is 14.3. The summed E-state index contributed by atoms with van der Waals surface area (Å²) in [6, 6.07) is 19.2. The molecule has 4 aromatic rings. The van der Waals surface area contributed by atoms with Crippen LogP contribution in [0.3, 0.4) is 0 Å². The number of aryl methyl sites for hydroxylation is 1. The number of nitrogens with zero attached hydrogens (tertiary/aromatic N) is 4. The summed E-state index contributed by atoms with van der Waals surface area (Å²) in [5.74, 6) is -0.253. The van der Waals surface area contributed by atoms with E-state index in [-0.39, 0.29) is 11.4 Å². The van der Waals surface area contributed by atoms with Gasteiger partial charge in [0.05, 0.1) is 35.0 Å². The molecule has 35 heavy (non-hydrogen) atoms. The summed E-state index contributed by atoms with van der Waals surface area (Å²) in [6.07, 6.45) is 0. The number of carbonyl (C=O) groups is 1. The second kappa shape index (κ2) is 9.21. The molecule has 8 heteroatoms. The van der Waals surface area contributed by atoms with E-state index < -0.39 is 5.97 Å². The first-order chi connectivity index (χ1) is 17.0. The van der Waals surface area contributed by atoms with E-state index in [4.69, 9.17) is 9.72 Å². The molecule has 1 aliphatic rings. The van der Waals surface area contributed by atoms with Gasteiger partial charge in [0.15, 0.2) is 0 Å². The normalized spacial score (nSPS) is 13.8. The summed E-state index contributed by atoms with van der Waals surface area (Å²) in [7, 11) is 1.32. The van der Waals surface area contributed by atoms with Crippen molar-refractivity contribution in [1.29, 1.82) is 0 Å². The molecule has 0 saturated carbocycles. The third kappa shape index (κ3) is 4.23. The summed E-state index contributed by atoms with van der Waals surface area (Å²) < 4.78 is 20.8. The van der Waals surface area contributed by atoms with Crippen molar-refractivity contribution in [3.8, 4) is 5.69 Å². The molecule has 0 bridgehead atoms. The number of esters is 1. The van der Waals surface area contributed by atoms with E-state index in [1.54, 1.807) is 34.9 Å². The van der Waals surface area contributed by atoms with Crippen molar-refractivity contribution in [1.82, 2.24) is 9.55 Å². The Morgan fingerprint density at radius 1 is 0.943 bits per heavy atom. The van der Waals surface area contributed by atoms with E-state index in [2.05, 4.69) is 0 Å². The fourth-order valence-corrected chi connectivity index (χ4v) is 4.49. The molecule has 0 radical (unpaired) electrons. The number of halogens is 1. The van der Waals surface area contributed by atoms with Gasteiger partial charge in [-0.25, -0.2) is 18.7 Å². The molecule has 178 valence electrons. The third-order valence-corrected chi connectivity index (χ3v) is 6.29. The Balaban J connectivity index is 1.60. The minimum absolute atomic E-state index is 0.219. The van der Waals surface area contributed by atoms with Gasteiger partial charge in [0.1, 0.15) is 5.82 Å². The number of carbonyl (C=O) groups excluding carboxylic acids is 1. The lowest BCUT2D eigenvalue weighted by atomic mass is 10.1. The lowest BCUT2D eigenvalue weighted by Crippen LogP contribution is -2.48. The molecule has 7 nitrogen and oxygen atoms in total. The Labute approximate surface area is 202 Å². The van der Waals surface area contributed by atoms with Gasteiger partial charge in [-0.2, -0.15) is 0 Å². The van der Waals surface area contributed by atoms with Crippen molar-refractivity contribution in [2.24, 2.45) is 0 Å². The Morgan fingerprint density at radius 3 is 2.40 bits per heavy atom. The second-order valence-electron chi connectivity index (χ2n) is 8.54. The second-order valence-corrected chi connectivity index (χ2v) is 8.54. The maximum absolute atomic E-state index is 14.3. The number of benzene rings is 3. The molecule has 0 amide bonds. The van der Waals surface area contributed by atoms with E-state index in [1.807, 2.05) is 47.1 Å². The van der Waals surface area contributed by atoms with Crippen LogP contribution < -0.4 is 15.4 Å².